The molecule has 2 aromatic rings. The zero-order valence-corrected chi connectivity index (χ0v) is 12.2. The second kappa shape index (κ2) is 6.01. The lowest BCUT2D eigenvalue weighted by Gasteiger charge is -2.09. The van der Waals surface area contributed by atoms with Gasteiger partial charge in [-0.25, -0.2) is 23.2 Å². The van der Waals surface area contributed by atoms with Crippen LogP contribution in [-0.2, 0) is 22.0 Å². The molecule has 0 amide bonds. The smallest absolute Gasteiger partial charge is 0.335 e. The molecule has 1 aromatic carbocycles. The molecule has 0 radical (unpaired) electrons. The highest BCUT2D eigenvalue weighted by Gasteiger charge is 2.21. The van der Waals surface area contributed by atoms with Crippen molar-refractivity contribution < 1.29 is 18.3 Å². The van der Waals surface area contributed by atoms with E-state index in [-0.39, 0.29) is 22.0 Å². The van der Waals surface area contributed by atoms with Crippen LogP contribution in [0.2, 0.25) is 0 Å². The molecule has 7 heteroatoms. The fraction of sp³-hybridized carbons (Fsp3) is 0.214. The highest BCUT2D eigenvalue weighted by Crippen LogP contribution is 2.22. The first-order valence-electron chi connectivity index (χ1n) is 6.29. The van der Waals surface area contributed by atoms with Gasteiger partial charge in [0.25, 0.3) is 0 Å². The molecule has 1 aromatic heterocycles. The molecule has 1 N–H and O–H groups in total. The van der Waals surface area contributed by atoms with Gasteiger partial charge in [-0.3, -0.25) is 0 Å². The largest absolute Gasteiger partial charge is 0.478 e. The van der Waals surface area contributed by atoms with E-state index in [4.69, 9.17) is 5.11 Å². The molecule has 21 heavy (non-hydrogen) atoms. The van der Waals surface area contributed by atoms with Crippen molar-refractivity contribution in [3.8, 4) is 0 Å². The molecular formula is C14H14N2O4S. The van der Waals surface area contributed by atoms with Crippen molar-refractivity contribution in [3.63, 3.8) is 0 Å². The highest BCUT2D eigenvalue weighted by atomic mass is 32.2. The minimum absolute atomic E-state index is 0.0253. The van der Waals surface area contributed by atoms with Crippen molar-refractivity contribution in [2.45, 2.75) is 24.0 Å². The number of aromatic nitrogens is 2. The fourth-order valence-corrected chi connectivity index (χ4v) is 3.48. The van der Waals surface area contributed by atoms with E-state index in [1.165, 1.54) is 30.6 Å². The summed E-state index contributed by atoms with van der Waals surface area (Å²) in [5.41, 5.74) is 0.524. The molecule has 0 fully saturated rings. The first-order chi connectivity index (χ1) is 9.94. The first kappa shape index (κ1) is 15.1. The van der Waals surface area contributed by atoms with Crippen LogP contribution >= 0.6 is 0 Å². The topological polar surface area (TPSA) is 97.2 Å². The van der Waals surface area contributed by atoms with Gasteiger partial charge in [0, 0.05) is 12.4 Å². The van der Waals surface area contributed by atoms with Crippen LogP contribution in [-0.4, -0.2) is 29.5 Å². The Hall–Kier alpha value is -2.28. The van der Waals surface area contributed by atoms with Crippen molar-refractivity contribution in [1.82, 2.24) is 9.97 Å². The maximum absolute atomic E-state index is 12.5. The Morgan fingerprint density at radius 2 is 1.90 bits per heavy atom. The first-order valence-corrected chi connectivity index (χ1v) is 7.94. The van der Waals surface area contributed by atoms with E-state index >= 15 is 0 Å². The van der Waals surface area contributed by atoms with E-state index in [2.05, 4.69) is 9.97 Å². The average molecular weight is 306 g/mol. The molecule has 1 heterocycles. The minimum atomic E-state index is -3.70. The van der Waals surface area contributed by atoms with Crippen LogP contribution in [0, 0.1) is 0 Å². The third-order valence-electron chi connectivity index (χ3n) is 2.97. The summed E-state index contributed by atoms with van der Waals surface area (Å²) in [7, 11) is -3.70. The molecule has 2 rings (SSSR count). The maximum atomic E-state index is 12.5. The lowest BCUT2D eigenvalue weighted by atomic mass is 10.1. The van der Waals surface area contributed by atoms with Gasteiger partial charge >= 0.3 is 5.97 Å². The van der Waals surface area contributed by atoms with Crippen molar-refractivity contribution in [1.29, 1.82) is 0 Å². The molecule has 6 nitrogen and oxygen atoms in total. The van der Waals surface area contributed by atoms with Gasteiger partial charge in [0.1, 0.15) is 11.6 Å². The van der Waals surface area contributed by atoms with E-state index in [0.717, 1.165) is 0 Å². The molecule has 0 atom stereocenters. The van der Waals surface area contributed by atoms with Crippen LogP contribution < -0.4 is 0 Å². The van der Waals surface area contributed by atoms with Crippen molar-refractivity contribution in [2.75, 3.05) is 0 Å². The predicted octanol–water partition coefficient (Wildman–Crippen LogP) is 1.71. The summed E-state index contributed by atoms with van der Waals surface area (Å²) in [5.74, 6) is -1.34. The Balaban J connectivity index is 2.48. The number of aryl methyl sites for hydroxylation is 1. The van der Waals surface area contributed by atoms with Gasteiger partial charge in [-0.2, -0.15) is 0 Å². The molecule has 0 saturated carbocycles. The molecule has 110 valence electrons. The zero-order chi connectivity index (χ0) is 15.5. The Labute approximate surface area is 122 Å². The summed E-state index contributed by atoms with van der Waals surface area (Å²) in [6.45, 7) is 1.81. The standard InChI is InChI=1S/C14H14N2O4S/c1-2-10-4-5-11(14(17)18)8-12(10)21(19,20)9-13-15-6-3-7-16-13/h3-8H,2,9H2,1H3,(H,17,18). The third kappa shape index (κ3) is 3.43. The molecule has 0 aliphatic carbocycles. The Morgan fingerprint density at radius 3 is 2.48 bits per heavy atom. The molecule has 0 saturated heterocycles. The summed E-state index contributed by atoms with van der Waals surface area (Å²) in [6.07, 6.45) is 3.42. The molecule has 0 aliphatic rings. The van der Waals surface area contributed by atoms with Crippen LogP contribution in [0.1, 0.15) is 28.7 Å². The number of hydrogen-bond acceptors (Lipinski definition) is 5. The number of benzene rings is 1. The average Bonchev–Trinajstić information content (AvgIpc) is 2.47. The van der Waals surface area contributed by atoms with Gasteiger partial charge in [-0.05, 0) is 30.2 Å². The Morgan fingerprint density at radius 1 is 1.24 bits per heavy atom. The number of nitrogens with zero attached hydrogens (tertiary/aromatic N) is 2. The van der Waals surface area contributed by atoms with Gasteiger partial charge in [0.05, 0.1) is 10.5 Å². The molecule has 0 spiro atoms. The second-order valence-corrected chi connectivity index (χ2v) is 6.36. The number of carbonyl (C=O) groups is 1. The summed E-state index contributed by atoms with van der Waals surface area (Å²) >= 11 is 0. The lowest BCUT2D eigenvalue weighted by Crippen LogP contribution is -2.11. The van der Waals surface area contributed by atoms with Crippen LogP contribution in [0.5, 0.6) is 0 Å². The SMILES string of the molecule is CCc1ccc(C(=O)O)cc1S(=O)(=O)Cc1ncccn1. The van der Waals surface area contributed by atoms with Crippen LogP contribution in [0.4, 0.5) is 0 Å². The van der Waals surface area contributed by atoms with Crippen LogP contribution in [0.3, 0.4) is 0 Å². The van der Waals surface area contributed by atoms with E-state index in [0.29, 0.717) is 12.0 Å². The van der Waals surface area contributed by atoms with E-state index in [1.54, 1.807) is 6.07 Å². The van der Waals surface area contributed by atoms with Gasteiger partial charge < -0.3 is 5.11 Å². The minimum Gasteiger partial charge on any atom is -0.478 e. The second-order valence-electron chi connectivity index (χ2n) is 4.41. The number of carboxylic acids is 1. The molecular weight excluding hydrogens is 292 g/mol. The predicted molar refractivity (Wildman–Crippen MR) is 75.7 cm³/mol. The molecule has 0 aliphatic heterocycles. The van der Waals surface area contributed by atoms with Crippen molar-refractivity contribution >= 4 is 15.8 Å². The van der Waals surface area contributed by atoms with Crippen LogP contribution in [0.25, 0.3) is 0 Å². The monoisotopic (exact) mass is 306 g/mol. The van der Waals surface area contributed by atoms with Gasteiger partial charge in [0.2, 0.25) is 0 Å². The van der Waals surface area contributed by atoms with Crippen LogP contribution in [0.15, 0.2) is 41.6 Å². The Bertz CT molecular complexity index is 758. The van der Waals surface area contributed by atoms with Gasteiger partial charge in [0.15, 0.2) is 9.84 Å². The summed E-state index contributed by atoms with van der Waals surface area (Å²) in [6, 6.07) is 5.72. The molecule has 0 bridgehead atoms. The number of carboxylic acid groups (broad SMARTS) is 1. The normalized spacial score (nSPS) is 11.3. The fourth-order valence-electron chi connectivity index (χ4n) is 1.92. The quantitative estimate of drug-likeness (QED) is 0.903. The zero-order valence-electron chi connectivity index (χ0n) is 11.4. The van der Waals surface area contributed by atoms with E-state index < -0.39 is 15.8 Å². The number of sulfone groups is 1. The number of rotatable bonds is 5. The number of hydrogen-bond donors (Lipinski definition) is 1. The lowest BCUT2D eigenvalue weighted by molar-refractivity contribution is 0.0696. The summed E-state index contributed by atoms with van der Waals surface area (Å²) in [5, 5.41) is 9.01. The van der Waals surface area contributed by atoms with Gasteiger partial charge in [-0.15, -0.1) is 0 Å². The summed E-state index contributed by atoms with van der Waals surface area (Å²) in [4.78, 5) is 18.8. The highest BCUT2D eigenvalue weighted by molar-refractivity contribution is 7.90. The third-order valence-corrected chi connectivity index (χ3v) is 4.66. The Kier molecular flexibility index (Phi) is 4.32. The van der Waals surface area contributed by atoms with Gasteiger partial charge in [-0.1, -0.05) is 13.0 Å². The number of aromatic carboxylic acids is 1. The maximum Gasteiger partial charge on any atom is 0.335 e. The van der Waals surface area contributed by atoms with Crippen molar-refractivity contribution in [2.24, 2.45) is 0 Å². The van der Waals surface area contributed by atoms with E-state index in [1.807, 2.05) is 6.92 Å². The van der Waals surface area contributed by atoms with Crippen molar-refractivity contribution in [3.05, 3.63) is 53.6 Å². The van der Waals surface area contributed by atoms with E-state index in [9.17, 15) is 13.2 Å². The molecule has 0 unspecified atom stereocenters. The summed E-state index contributed by atoms with van der Waals surface area (Å²) < 4.78 is 25.0.